The molecule has 3 aromatic rings. The lowest BCUT2D eigenvalue weighted by Gasteiger charge is -2.25. The summed E-state index contributed by atoms with van der Waals surface area (Å²) in [6.07, 6.45) is 3.90. The van der Waals surface area contributed by atoms with Crippen molar-refractivity contribution in [2.75, 3.05) is 36.0 Å². The molecule has 1 saturated heterocycles. The maximum Gasteiger partial charge on any atom is 0.256 e. The lowest BCUT2D eigenvalue weighted by molar-refractivity contribution is 0.0740. The van der Waals surface area contributed by atoms with Crippen molar-refractivity contribution in [1.82, 2.24) is 19.5 Å². The van der Waals surface area contributed by atoms with E-state index in [2.05, 4.69) is 9.62 Å². The van der Waals surface area contributed by atoms with Crippen LogP contribution in [0.25, 0.3) is 5.65 Å². The number of hydrogen-bond acceptors (Lipinski definition) is 7. The number of nitrogens with one attached hydrogen (secondary N) is 1. The molecular formula is C23H31Cl2N7O3S. The fourth-order valence-electron chi connectivity index (χ4n) is 4.41. The number of rotatable bonds is 6. The van der Waals surface area contributed by atoms with Crippen LogP contribution in [0.2, 0.25) is 5.02 Å². The number of aryl methyl sites for hydroxylation is 2. The van der Waals surface area contributed by atoms with Crippen LogP contribution < -0.4 is 15.4 Å². The lowest BCUT2D eigenvalue weighted by Crippen LogP contribution is -2.31. The highest BCUT2D eigenvalue weighted by atomic mass is 35.5. The van der Waals surface area contributed by atoms with E-state index < -0.39 is 22.0 Å². The molecule has 0 aliphatic carbocycles. The van der Waals surface area contributed by atoms with Crippen molar-refractivity contribution < 1.29 is 13.2 Å². The summed E-state index contributed by atoms with van der Waals surface area (Å²) in [5, 5.41) is 5.06. The van der Waals surface area contributed by atoms with E-state index in [0.717, 1.165) is 48.4 Å². The van der Waals surface area contributed by atoms with Gasteiger partial charge in [0.05, 0.1) is 29.2 Å². The molecule has 196 valence electrons. The number of anilines is 2. The Morgan fingerprint density at radius 1 is 1.33 bits per heavy atom. The van der Waals surface area contributed by atoms with Gasteiger partial charge in [0.15, 0.2) is 5.65 Å². The molecule has 0 unspecified atom stereocenters. The van der Waals surface area contributed by atoms with Gasteiger partial charge in [0.25, 0.3) is 5.91 Å². The SMILES string of the molecule is Cc1cn2nc([C@H](C)N(C)C(=O)c3cc(Cl)ccc3NS(C)(=O)=O)c(C)c2nc1N1CC[C@H](N)C1.Cl. The molecule has 0 bridgehead atoms. The van der Waals surface area contributed by atoms with Crippen molar-refractivity contribution in [2.45, 2.75) is 39.3 Å². The van der Waals surface area contributed by atoms with Crippen LogP contribution in [0.4, 0.5) is 11.5 Å². The first-order chi connectivity index (χ1) is 16.4. The Labute approximate surface area is 222 Å². The predicted octanol–water partition coefficient (Wildman–Crippen LogP) is 3.16. The Morgan fingerprint density at radius 3 is 2.64 bits per heavy atom. The lowest BCUT2D eigenvalue weighted by atomic mass is 10.1. The van der Waals surface area contributed by atoms with Crippen molar-refractivity contribution >= 4 is 57.1 Å². The highest BCUT2D eigenvalue weighted by Crippen LogP contribution is 2.30. The van der Waals surface area contributed by atoms with E-state index in [1.165, 1.54) is 23.1 Å². The average molecular weight is 557 g/mol. The van der Waals surface area contributed by atoms with E-state index in [1.807, 2.05) is 27.0 Å². The van der Waals surface area contributed by atoms with Gasteiger partial charge in [0, 0.05) is 48.5 Å². The molecule has 2 aromatic heterocycles. The molecule has 0 spiro atoms. The standard InChI is InChI=1S/C23H30ClN7O3S.ClH/c1-13-11-31-22(26-21(13)30-9-8-17(25)12-30)14(2)20(27-31)15(3)29(4)23(32)18-10-16(24)6-7-19(18)28-35(5,33)34;/h6-7,10-11,15,17,28H,8-9,12,25H2,1-5H3;1H/t15-,17-;/m0./s1. The molecule has 1 aliphatic rings. The monoisotopic (exact) mass is 555 g/mol. The second kappa shape index (κ2) is 10.4. The second-order valence-corrected chi connectivity index (χ2v) is 11.4. The highest BCUT2D eigenvalue weighted by Gasteiger charge is 2.28. The number of halogens is 2. The third-order valence-corrected chi connectivity index (χ3v) is 7.19. The van der Waals surface area contributed by atoms with Crippen LogP contribution in [0.5, 0.6) is 0 Å². The number of nitrogens with two attached hydrogens (primary N) is 1. The van der Waals surface area contributed by atoms with Gasteiger partial charge in [-0.15, -0.1) is 12.4 Å². The fraction of sp³-hybridized carbons (Fsp3) is 0.435. The average Bonchev–Trinajstić information content (AvgIpc) is 3.34. The minimum atomic E-state index is -3.59. The van der Waals surface area contributed by atoms with E-state index in [0.29, 0.717) is 10.7 Å². The molecule has 13 heteroatoms. The minimum Gasteiger partial charge on any atom is -0.355 e. The molecule has 1 aromatic carbocycles. The number of carbonyl (C=O) groups is 1. The number of amides is 1. The molecule has 1 amide bonds. The Kier molecular flexibility index (Phi) is 8.09. The van der Waals surface area contributed by atoms with Crippen molar-refractivity contribution in [2.24, 2.45) is 5.73 Å². The van der Waals surface area contributed by atoms with E-state index in [9.17, 15) is 13.2 Å². The number of carbonyl (C=O) groups excluding carboxylic acids is 1. The van der Waals surface area contributed by atoms with E-state index >= 15 is 0 Å². The largest absolute Gasteiger partial charge is 0.355 e. The number of benzene rings is 1. The number of sulfonamides is 1. The van der Waals surface area contributed by atoms with Crippen LogP contribution in [-0.2, 0) is 10.0 Å². The summed E-state index contributed by atoms with van der Waals surface area (Å²) < 4.78 is 27.7. The van der Waals surface area contributed by atoms with Crippen molar-refractivity contribution in [3.05, 3.63) is 51.8 Å². The maximum atomic E-state index is 13.4. The third-order valence-electron chi connectivity index (χ3n) is 6.36. The maximum absolute atomic E-state index is 13.4. The first-order valence-corrected chi connectivity index (χ1v) is 13.5. The molecule has 3 heterocycles. The van der Waals surface area contributed by atoms with Gasteiger partial charge in [-0.3, -0.25) is 9.52 Å². The summed E-state index contributed by atoms with van der Waals surface area (Å²) in [4.78, 5) is 22.0. The number of hydrogen-bond donors (Lipinski definition) is 2. The van der Waals surface area contributed by atoms with Crippen LogP contribution in [0.3, 0.4) is 0 Å². The normalized spacial score (nSPS) is 16.6. The molecule has 36 heavy (non-hydrogen) atoms. The zero-order chi connectivity index (χ0) is 25.7. The van der Waals surface area contributed by atoms with Crippen molar-refractivity contribution in [3.63, 3.8) is 0 Å². The summed E-state index contributed by atoms with van der Waals surface area (Å²) in [6, 6.07) is 4.18. The zero-order valence-corrected chi connectivity index (χ0v) is 23.2. The van der Waals surface area contributed by atoms with Gasteiger partial charge < -0.3 is 15.5 Å². The van der Waals surface area contributed by atoms with Gasteiger partial charge in [0.1, 0.15) is 5.82 Å². The van der Waals surface area contributed by atoms with Crippen LogP contribution in [-0.4, -0.2) is 66.3 Å². The van der Waals surface area contributed by atoms with Crippen molar-refractivity contribution in [3.8, 4) is 0 Å². The Balaban J connectivity index is 0.00000361. The molecule has 1 aliphatic heterocycles. The Hall–Kier alpha value is -2.60. The van der Waals surface area contributed by atoms with Gasteiger partial charge >= 0.3 is 0 Å². The zero-order valence-electron chi connectivity index (χ0n) is 20.8. The Morgan fingerprint density at radius 2 is 2.03 bits per heavy atom. The topological polar surface area (TPSA) is 126 Å². The predicted molar refractivity (Wildman–Crippen MR) is 145 cm³/mol. The molecule has 4 rings (SSSR count). The van der Waals surface area contributed by atoms with Gasteiger partial charge in [0.2, 0.25) is 10.0 Å². The summed E-state index contributed by atoms with van der Waals surface area (Å²) in [5.41, 5.74) is 9.68. The molecular weight excluding hydrogens is 525 g/mol. The van der Waals surface area contributed by atoms with Crippen LogP contribution >= 0.6 is 24.0 Å². The van der Waals surface area contributed by atoms with E-state index in [4.69, 9.17) is 27.4 Å². The van der Waals surface area contributed by atoms with Crippen molar-refractivity contribution in [1.29, 1.82) is 0 Å². The molecule has 10 nitrogen and oxygen atoms in total. The highest BCUT2D eigenvalue weighted by molar-refractivity contribution is 7.92. The smallest absolute Gasteiger partial charge is 0.256 e. The number of nitrogens with zero attached hydrogens (tertiary/aromatic N) is 5. The second-order valence-electron chi connectivity index (χ2n) is 9.18. The summed E-state index contributed by atoms with van der Waals surface area (Å²) in [7, 11) is -1.94. The van der Waals surface area contributed by atoms with Crippen LogP contribution in [0, 0.1) is 13.8 Å². The molecule has 1 fully saturated rings. The molecule has 3 N–H and O–H groups in total. The summed E-state index contributed by atoms with van der Waals surface area (Å²) in [5.74, 6) is 0.506. The van der Waals surface area contributed by atoms with Gasteiger partial charge in [-0.1, -0.05) is 11.6 Å². The quantitative estimate of drug-likeness (QED) is 0.478. The third kappa shape index (κ3) is 5.54. The van der Waals surface area contributed by atoms with E-state index in [1.54, 1.807) is 11.6 Å². The fourth-order valence-corrected chi connectivity index (χ4v) is 5.16. The summed E-state index contributed by atoms with van der Waals surface area (Å²) in [6.45, 7) is 7.43. The summed E-state index contributed by atoms with van der Waals surface area (Å²) >= 11 is 6.12. The van der Waals surface area contributed by atoms with Gasteiger partial charge in [-0.2, -0.15) is 5.10 Å². The van der Waals surface area contributed by atoms with Gasteiger partial charge in [-0.25, -0.2) is 17.9 Å². The molecule has 0 saturated carbocycles. The first-order valence-electron chi connectivity index (χ1n) is 11.3. The molecule has 2 atom stereocenters. The number of aromatic nitrogens is 3. The minimum absolute atomic E-state index is 0. The number of fused-ring (bicyclic) bond motifs is 1. The van der Waals surface area contributed by atoms with E-state index in [-0.39, 0.29) is 29.7 Å². The van der Waals surface area contributed by atoms with Crippen LogP contribution in [0.1, 0.15) is 46.6 Å². The molecule has 0 radical (unpaired) electrons. The first kappa shape index (κ1) is 28.0. The van der Waals surface area contributed by atoms with Gasteiger partial charge in [-0.05, 0) is 45.4 Å². The Bertz CT molecular complexity index is 1410. The van der Waals surface area contributed by atoms with Crippen LogP contribution in [0.15, 0.2) is 24.4 Å².